The van der Waals surface area contributed by atoms with Crippen LogP contribution in [0.4, 0.5) is 5.82 Å². The molecule has 1 aromatic carbocycles. The number of anilines is 1. The summed E-state index contributed by atoms with van der Waals surface area (Å²) in [6.45, 7) is 4.33. The lowest BCUT2D eigenvalue weighted by Crippen LogP contribution is -2.20. The zero-order valence-corrected chi connectivity index (χ0v) is 14.7. The van der Waals surface area contributed by atoms with E-state index < -0.39 is 0 Å². The van der Waals surface area contributed by atoms with Crippen LogP contribution < -0.4 is 4.90 Å². The van der Waals surface area contributed by atoms with Crippen molar-refractivity contribution in [2.75, 3.05) is 18.0 Å². The maximum atomic E-state index is 6.29. The van der Waals surface area contributed by atoms with E-state index >= 15 is 0 Å². The van der Waals surface area contributed by atoms with E-state index in [1.54, 1.807) is 12.3 Å². The lowest BCUT2D eigenvalue weighted by Gasteiger charge is -2.16. The van der Waals surface area contributed by atoms with Crippen molar-refractivity contribution in [3.8, 4) is 11.3 Å². The van der Waals surface area contributed by atoms with E-state index in [-0.39, 0.29) is 0 Å². The molecular formula is C18H16Cl2N4. The molecule has 0 amide bonds. The number of hydrogen-bond acceptors (Lipinski definition) is 4. The van der Waals surface area contributed by atoms with Crippen molar-refractivity contribution in [1.82, 2.24) is 15.0 Å². The lowest BCUT2D eigenvalue weighted by atomic mass is 10.1. The molecule has 122 valence electrons. The molecule has 0 aliphatic carbocycles. The normalized spacial score (nSPS) is 17.6. The molecule has 1 fully saturated rings. The fourth-order valence-electron chi connectivity index (χ4n) is 3.04. The molecule has 4 rings (SSSR count). The topological polar surface area (TPSA) is 41.9 Å². The van der Waals surface area contributed by atoms with Crippen molar-refractivity contribution in [3.63, 3.8) is 0 Å². The van der Waals surface area contributed by atoms with Gasteiger partial charge < -0.3 is 4.90 Å². The monoisotopic (exact) mass is 358 g/mol. The van der Waals surface area contributed by atoms with Crippen LogP contribution >= 0.6 is 23.2 Å². The number of hydrogen-bond donors (Lipinski definition) is 0. The van der Waals surface area contributed by atoms with Crippen molar-refractivity contribution in [1.29, 1.82) is 0 Å². The molecule has 0 bridgehead atoms. The first-order chi connectivity index (χ1) is 11.6. The van der Waals surface area contributed by atoms with Crippen molar-refractivity contribution in [3.05, 3.63) is 46.6 Å². The van der Waals surface area contributed by atoms with Crippen LogP contribution in [0.25, 0.3) is 22.4 Å². The second kappa shape index (κ2) is 6.19. The Morgan fingerprint density at radius 1 is 1.12 bits per heavy atom. The Bertz CT molecular complexity index is 913. The SMILES string of the molecule is CC1CCN(c2cnc3nc(-c4cccc(Cl)c4Cl)ccc3n2)C1. The average molecular weight is 359 g/mol. The van der Waals surface area contributed by atoms with Crippen LogP contribution in [0.5, 0.6) is 0 Å². The third-order valence-electron chi connectivity index (χ3n) is 4.37. The van der Waals surface area contributed by atoms with Gasteiger partial charge in [0.2, 0.25) is 0 Å². The highest BCUT2D eigenvalue weighted by atomic mass is 35.5. The smallest absolute Gasteiger partial charge is 0.178 e. The van der Waals surface area contributed by atoms with E-state index in [0.29, 0.717) is 21.6 Å². The summed E-state index contributed by atoms with van der Waals surface area (Å²) < 4.78 is 0. The minimum absolute atomic E-state index is 0.502. The summed E-state index contributed by atoms with van der Waals surface area (Å²) in [5.41, 5.74) is 2.94. The molecule has 1 saturated heterocycles. The highest BCUT2D eigenvalue weighted by molar-refractivity contribution is 6.43. The predicted molar refractivity (Wildman–Crippen MR) is 98.8 cm³/mol. The minimum Gasteiger partial charge on any atom is -0.355 e. The zero-order chi connectivity index (χ0) is 16.7. The van der Waals surface area contributed by atoms with Crippen LogP contribution in [-0.2, 0) is 0 Å². The Morgan fingerprint density at radius 2 is 2.00 bits per heavy atom. The standard InChI is InChI=1S/C18H16Cl2N4/c1-11-7-8-24(10-11)16-9-21-18-15(22-16)6-5-14(23-18)12-3-2-4-13(19)17(12)20/h2-6,9,11H,7-8,10H2,1H3. The van der Waals surface area contributed by atoms with Crippen LogP contribution in [0.3, 0.4) is 0 Å². The first-order valence-corrected chi connectivity index (χ1v) is 8.70. The number of rotatable bonds is 2. The van der Waals surface area contributed by atoms with Crippen molar-refractivity contribution in [2.45, 2.75) is 13.3 Å². The van der Waals surface area contributed by atoms with E-state index in [9.17, 15) is 0 Å². The maximum Gasteiger partial charge on any atom is 0.178 e. The Labute approximate surface area is 150 Å². The molecule has 1 aliphatic heterocycles. The zero-order valence-electron chi connectivity index (χ0n) is 13.2. The van der Waals surface area contributed by atoms with Crippen LogP contribution in [-0.4, -0.2) is 28.0 Å². The fourth-order valence-corrected chi connectivity index (χ4v) is 3.44. The molecule has 0 radical (unpaired) electrons. The Hall–Kier alpha value is -1.91. The molecule has 0 spiro atoms. The van der Waals surface area contributed by atoms with Gasteiger partial charge in [0.15, 0.2) is 5.65 Å². The first kappa shape index (κ1) is 15.6. The van der Waals surface area contributed by atoms with Gasteiger partial charge in [-0.25, -0.2) is 15.0 Å². The summed E-state index contributed by atoms with van der Waals surface area (Å²) in [5, 5.41) is 1.02. The molecule has 1 aliphatic rings. The van der Waals surface area contributed by atoms with Gasteiger partial charge in [-0.3, -0.25) is 0 Å². The van der Waals surface area contributed by atoms with E-state index in [1.807, 2.05) is 24.3 Å². The van der Waals surface area contributed by atoms with Gasteiger partial charge in [0, 0.05) is 18.7 Å². The molecular weight excluding hydrogens is 343 g/mol. The summed E-state index contributed by atoms with van der Waals surface area (Å²) in [7, 11) is 0. The van der Waals surface area contributed by atoms with Crippen molar-refractivity contribution >= 4 is 40.2 Å². The van der Waals surface area contributed by atoms with Gasteiger partial charge in [-0.1, -0.05) is 42.3 Å². The van der Waals surface area contributed by atoms with Crippen LogP contribution in [0, 0.1) is 5.92 Å². The fraction of sp³-hybridized carbons (Fsp3) is 0.278. The molecule has 1 atom stereocenters. The number of fused-ring (bicyclic) bond motifs is 1. The van der Waals surface area contributed by atoms with Gasteiger partial charge in [-0.05, 0) is 30.5 Å². The van der Waals surface area contributed by atoms with Crippen molar-refractivity contribution < 1.29 is 0 Å². The molecule has 0 N–H and O–H groups in total. The summed E-state index contributed by atoms with van der Waals surface area (Å²) in [4.78, 5) is 16.1. The largest absolute Gasteiger partial charge is 0.355 e. The van der Waals surface area contributed by atoms with Gasteiger partial charge in [0.25, 0.3) is 0 Å². The number of aromatic nitrogens is 3. The number of nitrogens with zero attached hydrogens (tertiary/aromatic N) is 4. The third kappa shape index (κ3) is 2.80. The third-order valence-corrected chi connectivity index (χ3v) is 5.19. The van der Waals surface area contributed by atoms with Gasteiger partial charge >= 0.3 is 0 Å². The Kier molecular flexibility index (Phi) is 4.02. The van der Waals surface area contributed by atoms with Gasteiger partial charge in [0.05, 0.1) is 21.9 Å². The predicted octanol–water partition coefficient (Wildman–Crippen LogP) is 4.84. The molecule has 6 heteroatoms. The highest BCUT2D eigenvalue weighted by Gasteiger charge is 2.20. The molecule has 3 aromatic rings. The van der Waals surface area contributed by atoms with Crippen LogP contribution in [0.15, 0.2) is 36.5 Å². The second-order valence-corrected chi connectivity index (χ2v) is 6.99. The van der Waals surface area contributed by atoms with E-state index in [2.05, 4.69) is 21.8 Å². The molecule has 4 nitrogen and oxygen atoms in total. The average Bonchev–Trinajstić information content (AvgIpc) is 3.03. The van der Waals surface area contributed by atoms with Gasteiger partial charge in [0.1, 0.15) is 11.3 Å². The van der Waals surface area contributed by atoms with Gasteiger partial charge in [-0.15, -0.1) is 0 Å². The number of benzene rings is 1. The van der Waals surface area contributed by atoms with Crippen molar-refractivity contribution in [2.24, 2.45) is 5.92 Å². The van der Waals surface area contributed by atoms with E-state index in [0.717, 1.165) is 35.7 Å². The van der Waals surface area contributed by atoms with Gasteiger partial charge in [-0.2, -0.15) is 0 Å². The van der Waals surface area contributed by atoms with Crippen LogP contribution in [0.1, 0.15) is 13.3 Å². The molecule has 3 heterocycles. The summed E-state index contributed by atoms with van der Waals surface area (Å²) in [6.07, 6.45) is 3.00. The van der Waals surface area contributed by atoms with E-state index in [1.165, 1.54) is 6.42 Å². The first-order valence-electron chi connectivity index (χ1n) is 7.95. The maximum absolute atomic E-state index is 6.29. The Morgan fingerprint density at radius 3 is 2.79 bits per heavy atom. The summed E-state index contributed by atoms with van der Waals surface area (Å²) >= 11 is 12.4. The van der Waals surface area contributed by atoms with E-state index in [4.69, 9.17) is 28.2 Å². The summed E-state index contributed by atoms with van der Waals surface area (Å²) in [5.74, 6) is 1.62. The molecule has 24 heavy (non-hydrogen) atoms. The molecule has 2 aromatic heterocycles. The number of pyridine rings is 1. The Balaban J connectivity index is 1.73. The molecule has 0 saturated carbocycles. The van der Waals surface area contributed by atoms with Crippen LogP contribution in [0.2, 0.25) is 10.0 Å². The summed E-state index contributed by atoms with van der Waals surface area (Å²) in [6, 6.07) is 9.36. The lowest BCUT2D eigenvalue weighted by molar-refractivity contribution is 0.659. The minimum atomic E-state index is 0.502. The highest BCUT2D eigenvalue weighted by Crippen LogP contribution is 2.33. The quantitative estimate of drug-likeness (QED) is 0.656. The molecule has 1 unspecified atom stereocenters. The second-order valence-electron chi connectivity index (χ2n) is 6.21. The number of halogens is 2.